The number of aliphatic hydroxyl groups excluding tert-OH is 1. The minimum atomic E-state index is -0.867. The third kappa shape index (κ3) is 4.76. The van der Waals surface area contributed by atoms with Gasteiger partial charge in [0.25, 0.3) is 0 Å². The molecule has 5 atom stereocenters. The highest BCUT2D eigenvalue weighted by Crippen LogP contribution is 2.55. The maximum absolute atomic E-state index is 12.9. The molecule has 3 aliphatic rings. The molecule has 0 radical (unpaired) electrons. The highest BCUT2D eigenvalue weighted by molar-refractivity contribution is 8.23. The number of rotatable bonds is 10. The molecule has 0 spiro atoms. The van der Waals surface area contributed by atoms with Crippen molar-refractivity contribution in [1.82, 2.24) is 4.90 Å². The Kier molecular flexibility index (Phi) is 8.38. The molecule has 0 aromatic carbocycles. The number of amides is 1. The molecule has 0 aromatic heterocycles. The van der Waals surface area contributed by atoms with E-state index in [2.05, 4.69) is 0 Å². The molecule has 1 amide bonds. The summed E-state index contributed by atoms with van der Waals surface area (Å²) in [6.45, 7) is 6.81. The topological polar surface area (TPSA) is 110 Å². The molecule has 8 nitrogen and oxygen atoms in total. The Morgan fingerprint density at radius 3 is 2.47 bits per heavy atom. The number of carbonyl (C=O) groups excluding carboxylic acids is 3. The lowest BCUT2D eigenvalue weighted by molar-refractivity contribution is -0.176. The molecule has 3 aliphatic heterocycles. The minimum absolute atomic E-state index is 0.0945. The van der Waals surface area contributed by atoms with E-state index in [4.69, 9.17) is 9.47 Å². The van der Waals surface area contributed by atoms with E-state index in [-0.39, 0.29) is 22.2 Å². The standard InChI is InChI=1S/C21H31NO7S3/c1-5-21(6-2,7-3)20(26)29-11-28-18(25)15-19(30-13-8-9-32(27)10-13)31-17-14(12(4)23)16(24)22(15)17/h12-14,17,23H,5-11H2,1-4H3/t12-,13+,14+,17-,32-/m1/s1. The maximum Gasteiger partial charge on any atom is 0.359 e. The second kappa shape index (κ2) is 10.5. The van der Waals surface area contributed by atoms with Crippen LogP contribution in [0.5, 0.6) is 0 Å². The van der Waals surface area contributed by atoms with Crippen molar-refractivity contribution < 1.29 is 33.2 Å². The van der Waals surface area contributed by atoms with Gasteiger partial charge in [-0.3, -0.25) is 18.7 Å². The Hall–Kier alpha value is -1.04. The summed E-state index contributed by atoms with van der Waals surface area (Å²) in [4.78, 5) is 39.5. The number of thioether (sulfide) groups is 2. The van der Waals surface area contributed by atoms with Crippen molar-refractivity contribution in [2.24, 2.45) is 11.3 Å². The van der Waals surface area contributed by atoms with E-state index < -0.39 is 47.0 Å². The maximum atomic E-state index is 12.9. The molecular formula is C21H31NO7S3. The number of hydrogen-bond acceptors (Lipinski definition) is 9. The van der Waals surface area contributed by atoms with Gasteiger partial charge in [0.15, 0.2) is 5.70 Å². The molecule has 1 N–H and O–H groups in total. The van der Waals surface area contributed by atoms with Gasteiger partial charge in [0.2, 0.25) is 12.7 Å². The fourth-order valence-corrected chi connectivity index (χ4v) is 9.49. The van der Waals surface area contributed by atoms with Crippen molar-refractivity contribution in [1.29, 1.82) is 0 Å². The Morgan fingerprint density at radius 2 is 1.94 bits per heavy atom. The number of carbonyl (C=O) groups is 3. The fourth-order valence-electron chi connectivity index (χ4n) is 4.25. The Bertz CT molecular complexity index is 816. The third-order valence-corrected chi connectivity index (χ3v) is 11.2. The first-order valence-corrected chi connectivity index (χ1v) is 14.2. The van der Waals surface area contributed by atoms with Gasteiger partial charge in [0.05, 0.1) is 21.7 Å². The first-order valence-electron chi connectivity index (χ1n) is 11.0. The molecule has 0 aliphatic carbocycles. The van der Waals surface area contributed by atoms with Gasteiger partial charge in [-0.2, -0.15) is 0 Å². The van der Waals surface area contributed by atoms with Gasteiger partial charge in [-0.05, 0) is 32.6 Å². The molecular weight excluding hydrogens is 474 g/mol. The average Bonchev–Trinajstić information content (AvgIpc) is 3.30. The van der Waals surface area contributed by atoms with Crippen LogP contribution >= 0.6 is 23.5 Å². The van der Waals surface area contributed by atoms with Crippen LogP contribution in [-0.4, -0.2) is 67.1 Å². The zero-order chi connectivity index (χ0) is 23.6. The van der Waals surface area contributed by atoms with E-state index >= 15 is 0 Å². The van der Waals surface area contributed by atoms with Gasteiger partial charge >= 0.3 is 11.9 Å². The molecule has 32 heavy (non-hydrogen) atoms. The van der Waals surface area contributed by atoms with Crippen LogP contribution in [0.3, 0.4) is 0 Å². The quantitative estimate of drug-likeness (QED) is 0.272. The number of ether oxygens (including phenoxy) is 2. The summed E-state index contributed by atoms with van der Waals surface area (Å²) in [6.07, 6.45) is 1.82. The van der Waals surface area contributed by atoms with Crippen molar-refractivity contribution >= 4 is 52.2 Å². The molecule has 11 heteroatoms. The van der Waals surface area contributed by atoms with E-state index in [0.29, 0.717) is 35.0 Å². The Labute approximate surface area is 199 Å². The third-order valence-electron chi connectivity index (χ3n) is 6.62. The predicted octanol–water partition coefficient (Wildman–Crippen LogP) is 2.58. The highest BCUT2D eigenvalue weighted by Gasteiger charge is 2.58. The van der Waals surface area contributed by atoms with Crippen LogP contribution in [0.2, 0.25) is 0 Å². The van der Waals surface area contributed by atoms with E-state index in [1.807, 2.05) is 20.8 Å². The lowest BCUT2D eigenvalue weighted by Gasteiger charge is -2.43. The Balaban J connectivity index is 1.70. The zero-order valence-electron chi connectivity index (χ0n) is 18.8. The lowest BCUT2D eigenvalue weighted by Crippen LogP contribution is -2.60. The summed E-state index contributed by atoms with van der Waals surface area (Å²) >= 11 is 2.80. The van der Waals surface area contributed by atoms with Crippen molar-refractivity contribution in [2.45, 2.75) is 70.1 Å². The molecule has 0 saturated carbocycles. The van der Waals surface area contributed by atoms with E-state index in [9.17, 15) is 23.7 Å². The molecule has 2 fully saturated rings. The predicted molar refractivity (Wildman–Crippen MR) is 125 cm³/mol. The van der Waals surface area contributed by atoms with Crippen molar-refractivity contribution in [3.05, 3.63) is 9.93 Å². The summed E-state index contributed by atoms with van der Waals surface area (Å²) in [6, 6.07) is 0. The zero-order valence-corrected chi connectivity index (χ0v) is 21.3. The molecule has 0 aromatic rings. The van der Waals surface area contributed by atoms with Gasteiger partial charge in [-0.15, -0.1) is 11.8 Å². The van der Waals surface area contributed by atoms with Crippen molar-refractivity contribution in [3.63, 3.8) is 0 Å². The Morgan fingerprint density at radius 1 is 1.28 bits per heavy atom. The second-order valence-electron chi connectivity index (χ2n) is 8.28. The van der Waals surface area contributed by atoms with E-state index in [0.717, 1.165) is 6.42 Å². The summed E-state index contributed by atoms with van der Waals surface area (Å²) in [7, 11) is -0.867. The number of fused-ring (bicyclic) bond motifs is 1. The first-order chi connectivity index (χ1) is 15.2. The van der Waals surface area contributed by atoms with Crippen LogP contribution in [0.15, 0.2) is 9.93 Å². The smallest absolute Gasteiger partial charge is 0.359 e. The van der Waals surface area contributed by atoms with Crippen LogP contribution < -0.4 is 0 Å². The number of esters is 2. The molecule has 2 saturated heterocycles. The van der Waals surface area contributed by atoms with Gasteiger partial charge < -0.3 is 14.6 Å². The number of hydrogen-bond donors (Lipinski definition) is 1. The number of nitrogens with zero attached hydrogens (tertiary/aromatic N) is 1. The highest BCUT2D eigenvalue weighted by atomic mass is 32.2. The van der Waals surface area contributed by atoms with Gasteiger partial charge in [0, 0.05) is 27.6 Å². The summed E-state index contributed by atoms with van der Waals surface area (Å²) in [5.74, 6) is -0.878. The van der Waals surface area contributed by atoms with E-state index in [1.165, 1.54) is 28.4 Å². The van der Waals surface area contributed by atoms with Crippen LogP contribution in [0, 0.1) is 11.3 Å². The van der Waals surface area contributed by atoms with Gasteiger partial charge in [0.1, 0.15) is 5.37 Å². The SMILES string of the molecule is CCC(CC)(CC)C(=O)OCOC(=O)C1=C(S[C@H]2CC[S@@](=O)C2)S[C@@H]2[C@@H]([C@@H](C)O)C(=O)N12. The van der Waals surface area contributed by atoms with Crippen LogP contribution in [-0.2, 0) is 34.7 Å². The van der Waals surface area contributed by atoms with Crippen LogP contribution in [0.4, 0.5) is 0 Å². The van der Waals surface area contributed by atoms with Gasteiger partial charge in [-0.25, -0.2) is 4.79 Å². The first kappa shape index (κ1) is 25.6. The van der Waals surface area contributed by atoms with Crippen molar-refractivity contribution in [2.75, 3.05) is 18.3 Å². The molecule has 0 bridgehead atoms. The minimum Gasteiger partial charge on any atom is -0.427 e. The van der Waals surface area contributed by atoms with Crippen LogP contribution in [0.25, 0.3) is 0 Å². The normalized spacial score (nSPS) is 28.4. The molecule has 3 heterocycles. The monoisotopic (exact) mass is 505 g/mol. The number of aliphatic hydroxyl groups is 1. The second-order valence-corrected chi connectivity index (χ2v) is 12.6. The summed E-state index contributed by atoms with van der Waals surface area (Å²) in [5, 5.41) is 9.70. The molecule has 180 valence electrons. The lowest BCUT2D eigenvalue weighted by atomic mass is 9.80. The molecule has 0 unspecified atom stereocenters. The number of β-lactam (4-membered cyclic amide) rings is 1. The van der Waals surface area contributed by atoms with Crippen LogP contribution in [0.1, 0.15) is 53.4 Å². The van der Waals surface area contributed by atoms with Gasteiger partial charge in [-0.1, -0.05) is 32.5 Å². The largest absolute Gasteiger partial charge is 0.427 e. The molecule has 3 rings (SSSR count). The summed E-state index contributed by atoms with van der Waals surface area (Å²) in [5.41, 5.74) is -0.467. The average molecular weight is 506 g/mol. The summed E-state index contributed by atoms with van der Waals surface area (Å²) < 4.78 is 22.9. The van der Waals surface area contributed by atoms with Crippen molar-refractivity contribution in [3.8, 4) is 0 Å². The van der Waals surface area contributed by atoms with E-state index in [1.54, 1.807) is 6.92 Å². The fraction of sp³-hybridized carbons (Fsp3) is 0.762.